The van der Waals surface area contributed by atoms with Crippen molar-refractivity contribution in [1.29, 1.82) is 0 Å². The zero-order valence-corrected chi connectivity index (χ0v) is 11.4. The lowest BCUT2D eigenvalue weighted by Gasteiger charge is -2.21. The van der Waals surface area contributed by atoms with Crippen molar-refractivity contribution < 1.29 is 9.21 Å². The van der Waals surface area contributed by atoms with Crippen molar-refractivity contribution in [3.05, 3.63) is 48.0 Å². The molecule has 0 fully saturated rings. The maximum atomic E-state index is 11.8. The molecule has 1 heterocycles. The minimum Gasteiger partial charge on any atom is -0.456 e. The SMILES string of the molecule is CC(=O)C(C)(C)c1ccc2oc3ccccc3c2c1. The molecule has 0 saturated heterocycles. The summed E-state index contributed by atoms with van der Waals surface area (Å²) in [6, 6.07) is 14.0. The van der Waals surface area contributed by atoms with Crippen molar-refractivity contribution in [3.8, 4) is 0 Å². The number of furan rings is 1. The first-order valence-corrected chi connectivity index (χ1v) is 6.43. The van der Waals surface area contributed by atoms with Crippen molar-refractivity contribution in [2.75, 3.05) is 0 Å². The summed E-state index contributed by atoms with van der Waals surface area (Å²) in [5.41, 5.74) is 2.31. The highest BCUT2D eigenvalue weighted by atomic mass is 16.3. The fraction of sp³-hybridized carbons (Fsp3) is 0.235. The quantitative estimate of drug-likeness (QED) is 0.674. The van der Waals surface area contributed by atoms with Crippen molar-refractivity contribution in [2.45, 2.75) is 26.2 Å². The van der Waals surface area contributed by atoms with E-state index in [1.54, 1.807) is 6.92 Å². The Balaban J connectivity index is 2.31. The van der Waals surface area contributed by atoms with Gasteiger partial charge in [-0.05, 0) is 44.5 Å². The summed E-state index contributed by atoms with van der Waals surface area (Å²) in [5.74, 6) is 0.166. The fourth-order valence-electron chi connectivity index (χ4n) is 2.32. The molecule has 0 radical (unpaired) electrons. The van der Waals surface area contributed by atoms with Gasteiger partial charge in [-0.25, -0.2) is 0 Å². The molecule has 3 aromatic rings. The summed E-state index contributed by atoms with van der Waals surface area (Å²) >= 11 is 0. The molecule has 2 nitrogen and oxygen atoms in total. The van der Waals surface area contributed by atoms with E-state index >= 15 is 0 Å². The lowest BCUT2D eigenvalue weighted by Crippen LogP contribution is -2.26. The first kappa shape index (κ1) is 12.0. The summed E-state index contributed by atoms with van der Waals surface area (Å²) in [6.45, 7) is 5.55. The van der Waals surface area contributed by atoms with Crippen LogP contribution < -0.4 is 0 Å². The predicted octanol–water partition coefficient (Wildman–Crippen LogP) is 4.45. The van der Waals surface area contributed by atoms with Gasteiger partial charge in [0.05, 0.1) is 0 Å². The van der Waals surface area contributed by atoms with Crippen LogP contribution in [0.25, 0.3) is 21.9 Å². The van der Waals surface area contributed by atoms with E-state index in [2.05, 4.69) is 6.07 Å². The maximum Gasteiger partial charge on any atom is 0.139 e. The highest BCUT2D eigenvalue weighted by Gasteiger charge is 2.26. The largest absolute Gasteiger partial charge is 0.456 e. The summed E-state index contributed by atoms with van der Waals surface area (Å²) in [5, 5.41) is 2.17. The van der Waals surface area contributed by atoms with Crippen LogP contribution >= 0.6 is 0 Å². The van der Waals surface area contributed by atoms with Crippen LogP contribution in [-0.2, 0) is 10.2 Å². The van der Waals surface area contributed by atoms with E-state index in [0.29, 0.717) is 0 Å². The number of para-hydroxylation sites is 1. The molecule has 0 bridgehead atoms. The topological polar surface area (TPSA) is 30.2 Å². The van der Waals surface area contributed by atoms with E-state index in [-0.39, 0.29) is 5.78 Å². The number of Topliss-reactive ketones (excluding diaryl/α,β-unsaturated/α-hetero) is 1. The lowest BCUT2D eigenvalue weighted by molar-refractivity contribution is -0.121. The molecule has 1 aromatic heterocycles. The van der Waals surface area contributed by atoms with E-state index in [1.807, 2.05) is 50.2 Å². The number of hydrogen-bond acceptors (Lipinski definition) is 2. The molecule has 2 heteroatoms. The van der Waals surface area contributed by atoms with Crippen LogP contribution in [0.1, 0.15) is 26.3 Å². The Morgan fingerprint density at radius 3 is 2.42 bits per heavy atom. The molecule has 0 amide bonds. The number of benzene rings is 2. The summed E-state index contributed by atoms with van der Waals surface area (Å²) in [6.07, 6.45) is 0. The van der Waals surface area contributed by atoms with Gasteiger partial charge in [0.15, 0.2) is 0 Å². The molecule has 3 rings (SSSR count). The highest BCUT2D eigenvalue weighted by molar-refractivity contribution is 6.05. The van der Waals surface area contributed by atoms with Crippen LogP contribution in [0.15, 0.2) is 46.9 Å². The van der Waals surface area contributed by atoms with Crippen molar-refractivity contribution in [2.24, 2.45) is 0 Å². The van der Waals surface area contributed by atoms with Crippen LogP contribution in [-0.4, -0.2) is 5.78 Å². The monoisotopic (exact) mass is 252 g/mol. The number of ketones is 1. The Hall–Kier alpha value is -2.09. The number of carbonyl (C=O) groups excluding carboxylic acids is 1. The van der Waals surface area contributed by atoms with Gasteiger partial charge in [0.25, 0.3) is 0 Å². The van der Waals surface area contributed by atoms with E-state index < -0.39 is 5.41 Å². The van der Waals surface area contributed by atoms with E-state index in [0.717, 1.165) is 27.5 Å². The van der Waals surface area contributed by atoms with Gasteiger partial charge in [0.2, 0.25) is 0 Å². The lowest BCUT2D eigenvalue weighted by atomic mass is 9.81. The number of hydrogen-bond donors (Lipinski definition) is 0. The maximum absolute atomic E-state index is 11.8. The summed E-state index contributed by atoms with van der Waals surface area (Å²) in [4.78, 5) is 11.8. The first-order valence-electron chi connectivity index (χ1n) is 6.43. The van der Waals surface area contributed by atoms with Crippen LogP contribution in [0.5, 0.6) is 0 Å². The molecule has 19 heavy (non-hydrogen) atoms. The normalized spacial score (nSPS) is 12.2. The number of carbonyl (C=O) groups is 1. The van der Waals surface area contributed by atoms with Gasteiger partial charge in [-0.1, -0.05) is 24.3 Å². The second-order valence-corrected chi connectivity index (χ2v) is 5.49. The molecular formula is C17H16O2. The minimum atomic E-state index is -0.466. The van der Waals surface area contributed by atoms with Gasteiger partial charge in [0.1, 0.15) is 16.9 Å². The third-order valence-corrected chi connectivity index (χ3v) is 3.98. The number of rotatable bonds is 2. The molecule has 0 unspecified atom stereocenters. The third-order valence-electron chi connectivity index (χ3n) is 3.98. The second-order valence-electron chi connectivity index (χ2n) is 5.49. The van der Waals surface area contributed by atoms with Gasteiger partial charge in [-0.3, -0.25) is 4.79 Å². The second kappa shape index (κ2) is 3.95. The van der Waals surface area contributed by atoms with Gasteiger partial charge >= 0.3 is 0 Å². The summed E-state index contributed by atoms with van der Waals surface area (Å²) in [7, 11) is 0. The predicted molar refractivity (Wildman–Crippen MR) is 77.4 cm³/mol. The standard InChI is InChI=1S/C17H16O2/c1-11(18)17(2,3)12-8-9-16-14(10-12)13-6-4-5-7-15(13)19-16/h4-10H,1-3H3. The fourth-order valence-corrected chi connectivity index (χ4v) is 2.32. The Morgan fingerprint density at radius 2 is 1.68 bits per heavy atom. The Kier molecular flexibility index (Phi) is 2.49. The molecular weight excluding hydrogens is 236 g/mol. The molecule has 96 valence electrons. The molecule has 2 aromatic carbocycles. The first-order chi connectivity index (χ1) is 9.00. The number of fused-ring (bicyclic) bond motifs is 3. The summed E-state index contributed by atoms with van der Waals surface area (Å²) < 4.78 is 5.80. The molecule has 0 aliphatic rings. The molecule has 0 N–H and O–H groups in total. The smallest absolute Gasteiger partial charge is 0.139 e. The van der Waals surface area contributed by atoms with Crippen molar-refractivity contribution in [1.82, 2.24) is 0 Å². The molecule has 0 aliphatic heterocycles. The van der Waals surface area contributed by atoms with Crippen LogP contribution in [0.4, 0.5) is 0 Å². The van der Waals surface area contributed by atoms with E-state index in [4.69, 9.17) is 4.42 Å². The zero-order chi connectivity index (χ0) is 13.6. The van der Waals surface area contributed by atoms with Crippen molar-refractivity contribution >= 4 is 27.7 Å². The average Bonchev–Trinajstić information content (AvgIpc) is 2.76. The zero-order valence-electron chi connectivity index (χ0n) is 11.4. The average molecular weight is 252 g/mol. The Bertz CT molecular complexity index is 778. The van der Waals surface area contributed by atoms with Gasteiger partial charge in [-0.2, -0.15) is 0 Å². The van der Waals surface area contributed by atoms with Crippen molar-refractivity contribution in [3.63, 3.8) is 0 Å². The third kappa shape index (κ3) is 1.75. The van der Waals surface area contributed by atoms with Gasteiger partial charge in [-0.15, -0.1) is 0 Å². The molecule has 0 aliphatic carbocycles. The van der Waals surface area contributed by atoms with Crippen LogP contribution in [0.3, 0.4) is 0 Å². The van der Waals surface area contributed by atoms with Gasteiger partial charge < -0.3 is 4.42 Å². The Labute approximate surface area is 112 Å². The van der Waals surface area contributed by atoms with Gasteiger partial charge in [0, 0.05) is 16.2 Å². The van der Waals surface area contributed by atoms with E-state index in [9.17, 15) is 4.79 Å². The van der Waals surface area contributed by atoms with Crippen LogP contribution in [0.2, 0.25) is 0 Å². The minimum absolute atomic E-state index is 0.166. The molecule has 0 atom stereocenters. The molecule has 0 saturated carbocycles. The highest BCUT2D eigenvalue weighted by Crippen LogP contribution is 2.33. The Morgan fingerprint density at radius 1 is 1.00 bits per heavy atom. The van der Waals surface area contributed by atoms with Crippen LogP contribution in [0, 0.1) is 0 Å². The molecule has 0 spiro atoms. The van der Waals surface area contributed by atoms with E-state index in [1.165, 1.54) is 0 Å².